The molecular formula is C50H61ClN10O8S2. The third-order valence-corrected chi connectivity index (χ3v) is 14.8. The van der Waals surface area contributed by atoms with E-state index in [0.717, 1.165) is 54.0 Å². The fourth-order valence-corrected chi connectivity index (χ4v) is 10.6. The number of halogens is 1. The molecule has 5 aromatic rings. The van der Waals surface area contributed by atoms with Crippen molar-refractivity contribution in [3.05, 3.63) is 104 Å². The Bertz CT molecular complexity index is 2770. The number of nitrogens with zero attached hydrogens (tertiary/aromatic N) is 6. The lowest BCUT2D eigenvalue weighted by Crippen LogP contribution is -2.60. The number of benzene rings is 2. The number of β-amino-alcohol motifs (C(OH)–C–C–N with tert-alkyl or cyclic N) is 1. The summed E-state index contributed by atoms with van der Waals surface area (Å²) in [7, 11) is 0. The van der Waals surface area contributed by atoms with Gasteiger partial charge < -0.3 is 40.7 Å². The van der Waals surface area contributed by atoms with Gasteiger partial charge in [-0.25, -0.2) is 4.98 Å². The standard InChI is InChI=1S/C50H61ClN10O8S2/c1-27-30(4)71-49-41(27)42(33-13-15-35(51)16-14-33)56-37(45-59-58-31(5)61(45)49)22-39(63)52-17-18-68-19-20-69-25-40(64)55-29(3)46(65)57-44(50(6,7)8)48(67)60-24-36(62)21-38(60)47(66)53-23-32-9-11-34(12-10-32)43-28(2)54-26-70-43/h9-16,26,29,36-38,44,62H,17-25H2,1-8H3,(H,52,63)(H,53,66)(H,55,64)(H,57,65)/t29?,36-,37+,38+,44-/m1/s1. The molecule has 71 heavy (non-hydrogen) atoms. The van der Waals surface area contributed by atoms with Gasteiger partial charge in [-0.3, -0.25) is 33.5 Å². The Morgan fingerprint density at radius 3 is 2.30 bits per heavy atom. The number of rotatable bonds is 19. The van der Waals surface area contributed by atoms with Crippen LogP contribution >= 0.6 is 34.3 Å². The summed E-state index contributed by atoms with van der Waals surface area (Å²) in [6.45, 7) is 15.2. The maximum atomic E-state index is 14.1. The molecule has 1 saturated heterocycles. The predicted octanol–water partition coefficient (Wildman–Crippen LogP) is 5.08. The number of amides is 5. The highest BCUT2D eigenvalue weighted by Crippen LogP contribution is 2.40. The van der Waals surface area contributed by atoms with E-state index >= 15 is 0 Å². The van der Waals surface area contributed by atoms with Crippen molar-refractivity contribution in [1.29, 1.82) is 0 Å². The molecule has 0 radical (unpaired) electrons. The monoisotopic (exact) mass is 1030 g/mol. The van der Waals surface area contributed by atoms with Crippen molar-refractivity contribution < 1.29 is 38.6 Å². The number of ether oxygens (including phenoxy) is 2. The lowest BCUT2D eigenvalue weighted by atomic mass is 9.85. The maximum Gasteiger partial charge on any atom is 0.246 e. The van der Waals surface area contributed by atoms with Crippen LogP contribution in [0.4, 0.5) is 0 Å². The average Bonchev–Trinajstić information content (AvgIpc) is 4.10. The Kier molecular flexibility index (Phi) is 17.2. The summed E-state index contributed by atoms with van der Waals surface area (Å²) in [6, 6.07) is 11.6. The second-order valence-electron chi connectivity index (χ2n) is 18.8. The molecule has 0 aliphatic carbocycles. The van der Waals surface area contributed by atoms with Crippen molar-refractivity contribution in [3.63, 3.8) is 0 Å². The van der Waals surface area contributed by atoms with Gasteiger partial charge in [0.1, 0.15) is 41.6 Å². The van der Waals surface area contributed by atoms with E-state index < -0.39 is 59.3 Å². The molecule has 5 amide bonds. The molecule has 0 bridgehead atoms. The van der Waals surface area contributed by atoms with E-state index in [2.05, 4.69) is 50.3 Å². The first-order chi connectivity index (χ1) is 33.8. The number of aromatic nitrogens is 4. The van der Waals surface area contributed by atoms with Crippen LogP contribution in [0.15, 0.2) is 59.0 Å². The average molecular weight is 1030 g/mol. The summed E-state index contributed by atoms with van der Waals surface area (Å²) in [5.74, 6) is -1.07. The highest BCUT2D eigenvalue weighted by Gasteiger charge is 2.45. The van der Waals surface area contributed by atoms with Crippen molar-refractivity contribution >= 4 is 69.5 Å². The van der Waals surface area contributed by atoms with Crippen LogP contribution in [0.2, 0.25) is 5.02 Å². The number of aliphatic hydroxyl groups is 1. The Morgan fingerprint density at radius 2 is 1.61 bits per heavy atom. The molecular weight excluding hydrogens is 968 g/mol. The van der Waals surface area contributed by atoms with Gasteiger partial charge >= 0.3 is 0 Å². The molecule has 7 rings (SSSR count). The number of carbonyl (C=O) groups is 5. The summed E-state index contributed by atoms with van der Waals surface area (Å²) >= 11 is 9.42. The molecule has 3 aromatic heterocycles. The van der Waals surface area contributed by atoms with Crippen molar-refractivity contribution in [2.75, 3.05) is 39.5 Å². The van der Waals surface area contributed by atoms with Gasteiger partial charge in [0.05, 0.1) is 54.1 Å². The zero-order valence-corrected chi connectivity index (χ0v) is 43.5. The number of fused-ring (bicyclic) bond motifs is 3. The van der Waals surface area contributed by atoms with Crippen molar-refractivity contribution in [3.8, 4) is 15.4 Å². The lowest BCUT2D eigenvalue weighted by Gasteiger charge is -2.36. The highest BCUT2D eigenvalue weighted by molar-refractivity contribution is 7.15. The van der Waals surface area contributed by atoms with Crippen LogP contribution in [0, 0.1) is 33.1 Å². The minimum atomic E-state index is -1.08. The van der Waals surface area contributed by atoms with Gasteiger partial charge in [-0.2, -0.15) is 0 Å². The molecule has 5 heterocycles. The van der Waals surface area contributed by atoms with Crippen LogP contribution in [0.25, 0.3) is 15.4 Å². The number of carbonyl (C=O) groups excluding carboxylic acids is 5. The minimum absolute atomic E-state index is 0.0258. The summed E-state index contributed by atoms with van der Waals surface area (Å²) in [5, 5.41) is 32.2. The van der Waals surface area contributed by atoms with Gasteiger partial charge in [0.15, 0.2) is 5.82 Å². The Balaban J connectivity index is 0.826. The molecule has 2 aromatic carbocycles. The Morgan fingerprint density at radius 1 is 0.901 bits per heavy atom. The van der Waals surface area contributed by atoms with Gasteiger partial charge in [0, 0.05) is 47.1 Å². The fourth-order valence-electron chi connectivity index (χ4n) is 8.42. The first-order valence-corrected chi connectivity index (χ1v) is 25.5. The summed E-state index contributed by atoms with van der Waals surface area (Å²) < 4.78 is 13.1. The zero-order valence-electron chi connectivity index (χ0n) is 41.1. The van der Waals surface area contributed by atoms with E-state index in [9.17, 15) is 29.1 Å². The maximum absolute atomic E-state index is 14.1. The Hall–Kier alpha value is -5.90. The van der Waals surface area contributed by atoms with E-state index in [1.165, 1.54) is 11.8 Å². The van der Waals surface area contributed by atoms with E-state index in [1.807, 2.05) is 66.9 Å². The van der Waals surface area contributed by atoms with E-state index in [4.69, 9.17) is 26.1 Å². The molecule has 1 unspecified atom stereocenters. The molecule has 0 spiro atoms. The largest absolute Gasteiger partial charge is 0.391 e. The number of aryl methyl sites for hydroxylation is 3. The van der Waals surface area contributed by atoms with Crippen molar-refractivity contribution in [2.45, 2.75) is 105 Å². The van der Waals surface area contributed by atoms with E-state index in [-0.39, 0.29) is 64.8 Å². The minimum Gasteiger partial charge on any atom is -0.391 e. The quantitative estimate of drug-likeness (QED) is 0.0685. The molecule has 2 aliphatic heterocycles. The molecule has 1 fully saturated rings. The number of aliphatic imine (C=N–C) groups is 1. The van der Waals surface area contributed by atoms with Crippen molar-refractivity contribution in [2.24, 2.45) is 10.4 Å². The van der Waals surface area contributed by atoms with E-state index in [0.29, 0.717) is 16.7 Å². The van der Waals surface area contributed by atoms with Gasteiger partial charge in [-0.1, -0.05) is 68.8 Å². The highest BCUT2D eigenvalue weighted by atomic mass is 35.5. The third kappa shape index (κ3) is 12.8. The predicted molar refractivity (Wildman–Crippen MR) is 272 cm³/mol. The molecule has 0 saturated carbocycles. The molecule has 21 heteroatoms. The third-order valence-electron chi connectivity index (χ3n) is 12.4. The van der Waals surface area contributed by atoms with Gasteiger partial charge in [0.2, 0.25) is 29.5 Å². The summed E-state index contributed by atoms with van der Waals surface area (Å²) in [6.07, 6.45) is -0.851. The number of likely N-dealkylation sites (tertiary alicyclic amines) is 1. The molecule has 2 aliphatic rings. The number of hydrogen-bond donors (Lipinski definition) is 5. The van der Waals surface area contributed by atoms with Crippen LogP contribution in [-0.2, 0) is 40.0 Å². The summed E-state index contributed by atoms with van der Waals surface area (Å²) in [5.41, 5.74) is 7.55. The lowest BCUT2D eigenvalue weighted by molar-refractivity contribution is -0.144. The first-order valence-electron chi connectivity index (χ1n) is 23.4. The number of aliphatic hydroxyl groups excluding tert-OH is 1. The number of nitrogens with one attached hydrogen (secondary N) is 4. The second-order valence-corrected chi connectivity index (χ2v) is 21.3. The molecule has 5 N–H and O–H groups in total. The van der Waals surface area contributed by atoms with Gasteiger partial charge in [-0.15, -0.1) is 32.9 Å². The normalized spacial score (nSPS) is 17.4. The fraction of sp³-hybridized carbons (Fsp3) is 0.460. The van der Waals surface area contributed by atoms with Crippen LogP contribution < -0.4 is 21.3 Å². The smallest absolute Gasteiger partial charge is 0.246 e. The second kappa shape index (κ2) is 23.1. The van der Waals surface area contributed by atoms with Gasteiger partial charge in [-0.05, 0) is 68.9 Å². The molecule has 18 nitrogen and oxygen atoms in total. The van der Waals surface area contributed by atoms with Crippen LogP contribution in [0.5, 0.6) is 0 Å². The topological polar surface area (TPSA) is 231 Å². The van der Waals surface area contributed by atoms with Gasteiger partial charge in [0.25, 0.3) is 0 Å². The van der Waals surface area contributed by atoms with Crippen LogP contribution in [-0.4, -0.2) is 129 Å². The molecule has 378 valence electrons. The summed E-state index contributed by atoms with van der Waals surface area (Å²) in [4.78, 5) is 80.1. The van der Waals surface area contributed by atoms with Crippen molar-refractivity contribution in [1.82, 2.24) is 45.9 Å². The Labute approximate surface area is 426 Å². The zero-order chi connectivity index (χ0) is 51.1. The SMILES string of the molecule is Cc1ncsc1-c1ccc(CNC(=O)[C@@H]2C[C@@H](O)CN2C(=O)[C@@H](NC(=O)C(C)NC(=O)COCCOCCNC(=O)C[C@@H]2N=C(c3ccc(Cl)cc3)c3c(sc(C)c3C)-n3c(C)nnc32)C(C)(C)C)cc1. The number of thiazole rings is 1. The first kappa shape index (κ1) is 52.9. The van der Waals surface area contributed by atoms with Crippen LogP contribution in [0.1, 0.15) is 91.1 Å². The van der Waals surface area contributed by atoms with E-state index in [1.54, 1.807) is 49.0 Å². The number of hydrogen-bond acceptors (Lipinski definition) is 14. The number of thiophene rings is 1. The molecule has 5 atom stereocenters. The van der Waals surface area contributed by atoms with Crippen LogP contribution in [0.3, 0.4) is 0 Å².